The summed E-state index contributed by atoms with van der Waals surface area (Å²) in [7, 11) is 0. The average molecular weight is 356 g/mol. The van der Waals surface area contributed by atoms with Gasteiger partial charge in [0.05, 0.1) is 12.1 Å². The first-order valence-corrected chi connectivity index (χ1v) is 7.53. The third kappa shape index (κ3) is 4.94. The van der Waals surface area contributed by atoms with Gasteiger partial charge in [0.1, 0.15) is 6.04 Å². The van der Waals surface area contributed by atoms with Crippen LogP contribution in [0.4, 0.5) is 5.69 Å². The van der Waals surface area contributed by atoms with Crippen molar-refractivity contribution in [3.63, 3.8) is 0 Å². The second-order valence-corrected chi connectivity index (χ2v) is 5.63. The van der Waals surface area contributed by atoms with Gasteiger partial charge in [-0.1, -0.05) is 0 Å². The molecule has 0 spiro atoms. The molecule has 1 atom stereocenters. The second-order valence-electron chi connectivity index (χ2n) is 5.63. The number of hydrogen-bond acceptors (Lipinski definition) is 5. The minimum Gasteiger partial charge on any atom is -0.464 e. The summed E-state index contributed by atoms with van der Waals surface area (Å²) in [5.41, 5.74) is 6.01. The van der Waals surface area contributed by atoms with Crippen LogP contribution in [0, 0.1) is 0 Å². The maximum atomic E-state index is 12.0. The van der Waals surface area contributed by atoms with Crippen molar-refractivity contribution in [3.8, 4) is 0 Å². The van der Waals surface area contributed by atoms with Gasteiger partial charge in [-0.25, -0.2) is 4.79 Å². The summed E-state index contributed by atoms with van der Waals surface area (Å²) in [6.45, 7) is 3.52. The normalized spacial score (nSPS) is 15.5. The molecule has 2 rings (SSSR count). The Morgan fingerprint density at radius 2 is 1.83 bits per heavy atom. The number of benzene rings is 1. The van der Waals surface area contributed by atoms with Crippen LogP contribution in [0.5, 0.6) is 0 Å². The minimum absolute atomic E-state index is 0. The fourth-order valence-corrected chi connectivity index (χ4v) is 1.93. The molecule has 7 nitrogen and oxygen atoms in total. The lowest BCUT2D eigenvalue weighted by Gasteiger charge is -2.13. The molecule has 1 aromatic carbocycles. The molecule has 8 heteroatoms. The van der Waals surface area contributed by atoms with Crippen molar-refractivity contribution in [1.82, 2.24) is 5.32 Å². The molecule has 132 valence electrons. The number of esters is 1. The van der Waals surface area contributed by atoms with Crippen LogP contribution in [-0.2, 0) is 14.3 Å². The fraction of sp³-hybridized carbons (Fsp3) is 0.438. The first-order chi connectivity index (χ1) is 10.9. The molecule has 0 aliphatic heterocycles. The zero-order chi connectivity index (χ0) is 17.0. The highest BCUT2D eigenvalue weighted by Gasteiger charge is 2.45. The highest BCUT2D eigenvalue weighted by molar-refractivity contribution is 6.01. The molecular formula is C16H22ClN3O4. The van der Waals surface area contributed by atoms with E-state index in [4.69, 9.17) is 10.5 Å². The number of amides is 2. The van der Waals surface area contributed by atoms with Crippen molar-refractivity contribution in [2.45, 2.75) is 38.3 Å². The van der Waals surface area contributed by atoms with Gasteiger partial charge >= 0.3 is 5.97 Å². The Morgan fingerprint density at radius 1 is 1.25 bits per heavy atom. The molecule has 0 heterocycles. The standard InChI is InChI=1S/C16H21N3O4.ClH/c1-3-23-14(21)10(2)18-13(20)11-4-6-12(7-5-11)19-15(22)16(17)8-9-16;/h4-7,10H,3,8-9,17H2,1-2H3,(H,18,20)(H,19,22);1H. The lowest BCUT2D eigenvalue weighted by molar-refractivity contribution is -0.144. The molecule has 0 aromatic heterocycles. The summed E-state index contributed by atoms with van der Waals surface area (Å²) in [6, 6.07) is 5.65. The van der Waals surface area contributed by atoms with E-state index < -0.39 is 17.6 Å². The third-order valence-corrected chi connectivity index (χ3v) is 3.63. The number of anilines is 1. The van der Waals surface area contributed by atoms with Crippen LogP contribution >= 0.6 is 12.4 Å². The van der Waals surface area contributed by atoms with E-state index in [-0.39, 0.29) is 30.8 Å². The SMILES string of the molecule is CCOC(=O)C(C)NC(=O)c1ccc(NC(=O)C2(N)CC2)cc1.Cl. The summed E-state index contributed by atoms with van der Waals surface area (Å²) in [5, 5.41) is 5.27. The molecule has 24 heavy (non-hydrogen) atoms. The fourth-order valence-electron chi connectivity index (χ4n) is 1.93. The summed E-state index contributed by atoms with van der Waals surface area (Å²) in [6.07, 6.45) is 1.37. The molecule has 1 aliphatic rings. The predicted molar refractivity (Wildman–Crippen MR) is 92.0 cm³/mol. The smallest absolute Gasteiger partial charge is 0.328 e. The predicted octanol–water partition coefficient (Wildman–Crippen LogP) is 1.22. The molecule has 1 aromatic rings. The number of carbonyl (C=O) groups is 3. The Hall–Kier alpha value is -2.12. The number of halogens is 1. The van der Waals surface area contributed by atoms with Crippen molar-refractivity contribution >= 4 is 35.9 Å². The Morgan fingerprint density at radius 3 is 2.33 bits per heavy atom. The van der Waals surface area contributed by atoms with E-state index in [2.05, 4.69) is 10.6 Å². The van der Waals surface area contributed by atoms with Crippen LogP contribution in [0.1, 0.15) is 37.0 Å². The molecule has 0 saturated heterocycles. The number of rotatable bonds is 6. The Bertz CT molecular complexity index is 614. The summed E-state index contributed by atoms with van der Waals surface area (Å²) in [4.78, 5) is 35.4. The van der Waals surface area contributed by atoms with Gasteiger partial charge in [-0.2, -0.15) is 0 Å². The Balaban J connectivity index is 0.00000288. The molecule has 0 bridgehead atoms. The number of ether oxygens (including phenoxy) is 1. The average Bonchev–Trinajstić information content (AvgIpc) is 3.27. The van der Waals surface area contributed by atoms with E-state index in [9.17, 15) is 14.4 Å². The second kappa shape index (κ2) is 8.12. The van der Waals surface area contributed by atoms with E-state index >= 15 is 0 Å². The molecule has 1 saturated carbocycles. The van der Waals surface area contributed by atoms with Gasteiger partial charge in [-0.3, -0.25) is 9.59 Å². The van der Waals surface area contributed by atoms with Crippen molar-refractivity contribution in [3.05, 3.63) is 29.8 Å². The van der Waals surface area contributed by atoms with E-state index in [0.29, 0.717) is 24.1 Å². The number of carbonyl (C=O) groups excluding carboxylic acids is 3. The van der Waals surface area contributed by atoms with Gasteiger partial charge in [0.2, 0.25) is 5.91 Å². The molecule has 1 unspecified atom stereocenters. The van der Waals surface area contributed by atoms with Crippen molar-refractivity contribution in [2.75, 3.05) is 11.9 Å². The maximum Gasteiger partial charge on any atom is 0.328 e. The first-order valence-electron chi connectivity index (χ1n) is 7.53. The highest BCUT2D eigenvalue weighted by Crippen LogP contribution is 2.33. The molecule has 1 fully saturated rings. The number of nitrogens with two attached hydrogens (primary N) is 1. The quantitative estimate of drug-likeness (QED) is 0.664. The first kappa shape index (κ1) is 19.9. The number of hydrogen-bond donors (Lipinski definition) is 3. The minimum atomic E-state index is -0.745. The van der Waals surface area contributed by atoms with Crippen molar-refractivity contribution < 1.29 is 19.1 Å². The lowest BCUT2D eigenvalue weighted by Crippen LogP contribution is -2.39. The van der Waals surface area contributed by atoms with Gasteiger partial charge in [-0.05, 0) is 51.0 Å². The summed E-state index contributed by atoms with van der Waals surface area (Å²) in [5.74, 6) is -1.09. The zero-order valence-electron chi connectivity index (χ0n) is 13.6. The van der Waals surface area contributed by atoms with Crippen molar-refractivity contribution in [1.29, 1.82) is 0 Å². The largest absolute Gasteiger partial charge is 0.464 e. The van der Waals surface area contributed by atoms with Crippen LogP contribution in [0.15, 0.2) is 24.3 Å². The number of nitrogens with one attached hydrogen (secondary N) is 2. The van der Waals surface area contributed by atoms with Crippen LogP contribution in [0.25, 0.3) is 0 Å². The highest BCUT2D eigenvalue weighted by atomic mass is 35.5. The lowest BCUT2D eigenvalue weighted by atomic mass is 10.1. The van der Waals surface area contributed by atoms with Crippen molar-refractivity contribution in [2.24, 2.45) is 5.73 Å². The van der Waals surface area contributed by atoms with Gasteiger partial charge in [0.25, 0.3) is 5.91 Å². The summed E-state index contributed by atoms with van der Waals surface area (Å²) < 4.78 is 4.83. The molecule has 1 aliphatic carbocycles. The van der Waals surface area contributed by atoms with Crippen LogP contribution in [-0.4, -0.2) is 36.0 Å². The Labute approximate surface area is 146 Å². The van der Waals surface area contributed by atoms with Gasteiger partial charge in [0.15, 0.2) is 0 Å². The molecule has 2 amide bonds. The topological polar surface area (TPSA) is 111 Å². The molecule has 4 N–H and O–H groups in total. The van der Waals surface area contributed by atoms with Gasteiger partial charge in [-0.15, -0.1) is 12.4 Å². The maximum absolute atomic E-state index is 12.0. The summed E-state index contributed by atoms with van der Waals surface area (Å²) >= 11 is 0. The van der Waals surface area contributed by atoms with Crippen LogP contribution in [0.2, 0.25) is 0 Å². The van der Waals surface area contributed by atoms with E-state index in [1.54, 1.807) is 38.1 Å². The zero-order valence-corrected chi connectivity index (χ0v) is 14.4. The third-order valence-electron chi connectivity index (χ3n) is 3.63. The van der Waals surface area contributed by atoms with Crippen LogP contribution < -0.4 is 16.4 Å². The molecule has 0 radical (unpaired) electrons. The Kier molecular flexibility index (Phi) is 6.74. The van der Waals surface area contributed by atoms with E-state index in [1.807, 2.05) is 0 Å². The van der Waals surface area contributed by atoms with Crippen LogP contribution in [0.3, 0.4) is 0 Å². The monoisotopic (exact) mass is 355 g/mol. The molecular weight excluding hydrogens is 334 g/mol. The van der Waals surface area contributed by atoms with Gasteiger partial charge in [0, 0.05) is 11.3 Å². The van der Waals surface area contributed by atoms with Gasteiger partial charge < -0.3 is 21.1 Å². The van der Waals surface area contributed by atoms with E-state index in [0.717, 1.165) is 0 Å². The van der Waals surface area contributed by atoms with E-state index in [1.165, 1.54) is 0 Å².